The molecule has 2 rings (SSSR count). The Morgan fingerprint density at radius 3 is 2.30 bits per heavy atom. The number of hydrogen-bond donors (Lipinski definition) is 2. The van der Waals surface area contributed by atoms with Crippen molar-refractivity contribution in [2.24, 2.45) is 0 Å². The summed E-state index contributed by atoms with van der Waals surface area (Å²) in [5.74, 6) is -0.277. The van der Waals surface area contributed by atoms with Crippen LogP contribution in [0.15, 0.2) is 18.2 Å². The van der Waals surface area contributed by atoms with E-state index in [1.807, 2.05) is 19.9 Å². The van der Waals surface area contributed by atoms with Crippen molar-refractivity contribution in [3.8, 4) is 0 Å². The van der Waals surface area contributed by atoms with E-state index in [0.29, 0.717) is 12.2 Å². The molecule has 0 radical (unpaired) electrons. The molecule has 1 aromatic carbocycles. The zero-order valence-electron chi connectivity index (χ0n) is 12.3. The predicted molar refractivity (Wildman–Crippen MR) is 78.8 cm³/mol. The van der Waals surface area contributed by atoms with Crippen molar-refractivity contribution < 1.29 is 9.50 Å². The van der Waals surface area contributed by atoms with Crippen LogP contribution in [0.25, 0.3) is 0 Å². The number of nitrogens with two attached hydrogens (primary N) is 1. The van der Waals surface area contributed by atoms with E-state index >= 15 is 0 Å². The molecule has 1 aliphatic heterocycles. The Bertz CT molecular complexity index is 431. The first-order valence-electron chi connectivity index (χ1n) is 7.04. The molecule has 5 heteroatoms. The summed E-state index contributed by atoms with van der Waals surface area (Å²) in [5, 5.41) is 9.82. The molecule has 1 fully saturated rings. The predicted octanol–water partition coefficient (Wildman–Crippen LogP) is 1.30. The highest BCUT2D eigenvalue weighted by atomic mass is 19.1. The van der Waals surface area contributed by atoms with Crippen LogP contribution in [-0.2, 0) is 6.54 Å². The topological polar surface area (TPSA) is 52.7 Å². The standard InChI is InChI=1S/C15H24FN3O/c1-15(2,20)11-19-5-3-18(4-6-19)10-12-7-13(16)9-14(17)8-12/h7-9,20H,3-6,10-11,17H2,1-2H3. The Morgan fingerprint density at radius 2 is 1.75 bits per heavy atom. The number of piperazine rings is 1. The largest absolute Gasteiger partial charge is 0.399 e. The summed E-state index contributed by atoms with van der Waals surface area (Å²) < 4.78 is 13.3. The zero-order chi connectivity index (χ0) is 14.8. The fourth-order valence-electron chi connectivity index (χ4n) is 2.68. The SMILES string of the molecule is CC(C)(O)CN1CCN(Cc2cc(N)cc(F)c2)CC1. The molecule has 0 unspecified atom stereocenters. The van der Waals surface area contributed by atoms with Crippen LogP contribution in [0.1, 0.15) is 19.4 Å². The third-order valence-electron chi connectivity index (χ3n) is 3.46. The molecule has 1 heterocycles. The summed E-state index contributed by atoms with van der Waals surface area (Å²) in [5.41, 5.74) is 6.40. The summed E-state index contributed by atoms with van der Waals surface area (Å²) in [6.45, 7) is 8.76. The van der Waals surface area contributed by atoms with Gasteiger partial charge in [0.15, 0.2) is 0 Å². The number of aliphatic hydroxyl groups is 1. The van der Waals surface area contributed by atoms with Crippen molar-refractivity contribution in [1.29, 1.82) is 0 Å². The first kappa shape index (κ1) is 15.2. The summed E-state index contributed by atoms with van der Waals surface area (Å²) in [7, 11) is 0. The summed E-state index contributed by atoms with van der Waals surface area (Å²) in [4.78, 5) is 4.55. The van der Waals surface area contributed by atoms with Crippen molar-refractivity contribution in [2.45, 2.75) is 26.0 Å². The lowest BCUT2D eigenvalue weighted by Gasteiger charge is -2.37. The van der Waals surface area contributed by atoms with Gasteiger partial charge in [-0.25, -0.2) is 4.39 Å². The molecule has 0 atom stereocenters. The second-order valence-electron chi connectivity index (χ2n) is 6.26. The Balaban J connectivity index is 1.85. The third-order valence-corrected chi connectivity index (χ3v) is 3.46. The highest BCUT2D eigenvalue weighted by molar-refractivity contribution is 5.41. The average molecular weight is 281 g/mol. The summed E-state index contributed by atoms with van der Waals surface area (Å²) in [6.07, 6.45) is 0. The van der Waals surface area contributed by atoms with Gasteiger partial charge >= 0.3 is 0 Å². The Hall–Kier alpha value is -1.17. The average Bonchev–Trinajstić information content (AvgIpc) is 2.28. The van der Waals surface area contributed by atoms with E-state index in [9.17, 15) is 9.50 Å². The van der Waals surface area contributed by atoms with Crippen LogP contribution >= 0.6 is 0 Å². The minimum absolute atomic E-state index is 0.277. The maximum absolute atomic E-state index is 13.3. The van der Waals surface area contributed by atoms with Gasteiger partial charge in [0.1, 0.15) is 5.82 Å². The maximum Gasteiger partial charge on any atom is 0.125 e. The monoisotopic (exact) mass is 281 g/mol. The summed E-state index contributed by atoms with van der Waals surface area (Å²) in [6, 6.07) is 4.70. The Labute approximate surface area is 120 Å². The number of hydrogen-bond acceptors (Lipinski definition) is 4. The number of β-amino-alcohol motifs (C(OH)–C–C–N with tert-alkyl or cyclic N) is 1. The van der Waals surface area contributed by atoms with Crippen molar-refractivity contribution in [3.63, 3.8) is 0 Å². The lowest BCUT2D eigenvalue weighted by atomic mass is 10.1. The van der Waals surface area contributed by atoms with Crippen LogP contribution < -0.4 is 5.73 Å². The van der Waals surface area contributed by atoms with Crippen molar-refractivity contribution in [2.75, 3.05) is 38.5 Å². The molecule has 0 spiro atoms. The van der Waals surface area contributed by atoms with Gasteiger partial charge in [-0.05, 0) is 37.6 Å². The highest BCUT2D eigenvalue weighted by Gasteiger charge is 2.22. The van der Waals surface area contributed by atoms with E-state index in [2.05, 4.69) is 9.80 Å². The molecular formula is C15H24FN3O. The number of halogens is 1. The molecule has 4 nitrogen and oxygen atoms in total. The molecular weight excluding hydrogens is 257 g/mol. The van der Waals surface area contributed by atoms with E-state index in [1.165, 1.54) is 6.07 Å². The first-order chi connectivity index (χ1) is 9.32. The number of rotatable bonds is 4. The van der Waals surface area contributed by atoms with Gasteiger partial charge in [-0.2, -0.15) is 0 Å². The van der Waals surface area contributed by atoms with Gasteiger partial charge in [0.05, 0.1) is 5.60 Å². The molecule has 0 amide bonds. The molecule has 0 saturated carbocycles. The van der Waals surface area contributed by atoms with Gasteiger partial charge in [-0.3, -0.25) is 9.80 Å². The van der Waals surface area contributed by atoms with Crippen molar-refractivity contribution >= 4 is 5.69 Å². The molecule has 1 aliphatic rings. The van der Waals surface area contributed by atoms with Crippen LogP contribution in [0.4, 0.5) is 10.1 Å². The minimum atomic E-state index is -0.654. The van der Waals surface area contributed by atoms with Gasteiger partial charge in [0, 0.05) is 45.0 Å². The van der Waals surface area contributed by atoms with Gasteiger partial charge in [-0.15, -0.1) is 0 Å². The third kappa shape index (κ3) is 4.74. The van der Waals surface area contributed by atoms with Crippen LogP contribution in [0.3, 0.4) is 0 Å². The molecule has 0 bridgehead atoms. The number of benzene rings is 1. The Kier molecular flexibility index (Phi) is 4.62. The normalized spacial score (nSPS) is 18.4. The van der Waals surface area contributed by atoms with Crippen LogP contribution in [0, 0.1) is 5.82 Å². The number of nitrogen functional groups attached to an aromatic ring is 1. The van der Waals surface area contributed by atoms with E-state index in [0.717, 1.165) is 38.3 Å². The van der Waals surface area contributed by atoms with Crippen LogP contribution in [0.5, 0.6) is 0 Å². The quantitative estimate of drug-likeness (QED) is 0.817. The Morgan fingerprint density at radius 1 is 1.15 bits per heavy atom. The van der Waals surface area contributed by atoms with Crippen LogP contribution in [-0.4, -0.2) is 53.2 Å². The van der Waals surface area contributed by atoms with Gasteiger partial charge in [0.2, 0.25) is 0 Å². The van der Waals surface area contributed by atoms with Crippen molar-refractivity contribution in [3.05, 3.63) is 29.6 Å². The highest BCUT2D eigenvalue weighted by Crippen LogP contribution is 2.15. The zero-order valence-corrected chi connectivity index (χ0v) is 12.3. The maximum atomic E-state index is 13.3. The lowest BCUT2D eigenvalue weighted by molar-refractivity contribution is 0.0166. The summed E-state index contributed by atoms with van der Waals surface area (Å²) >= 11 is 0. The van der Waals surface area contributed by atoms with Gasteiger partial charge < -0.3 is 10.8 Å². The van der Waals surface area contributed by atoms with Crippen LogP contribution in [0.2, 0.25) is 0 Å². The lowest BCUT2D eigenvalue weighted by Crippen LogP contribution is -2.50. The molecule has 112 valence electrons. The second kappa shape index (κ2) is 6.08. The molecule has 1 saturated heterocycles. The molecule has 0 aliphatic carbocycles. The van der Waals surface area contributed by atoms with E-state index in [1.54, 1.807) is 6.07 Å². The smallest absolute Gasteiger partial charge is 0.125 e. The molecule has 0 aromatic heterocycles. The minimum Gasteiger partial charge on any atom is -0.399 e. The van der Waals surface area contributed by atoms with Crippen molar-refractivity contribution in [1.82, 2.24) is 9.80 Å². The second-order valence-corrected chi connectivity index (χ2v) is 6.26. The van der Waals surface area contributed by atoms with Gasteiger partial charge in [0.25, 0.3) is 0 Å². The van der Waals surface area contributed by atoms with Gasteiger partial charge in [-0.1, -0.05) is 0 Å². The fourth-order valence-corrected chi connectivity index (χ4v) is 2.68. The van der Waals surface area contributed by atoms with E-state index in [4.69, 9.17) is 5.73 Å². The fraction of sp³-hybridized carbons (Fsp3) is 0.600. The molecule has 20 heavy (non-hydrogen) atoms. The number of anilines is 1. The first-order valence-corrected chi connectivity index (χ1v) is 7.04. The molecule has 3 N–H and O–H groups in total. The van der Waals surface area contributed by atoms with E-state index < -0.39 is 5.60 Å². The number of nitrogens with zero attached hydrogens (tertiary/aromatic N) is 2. The van der Waals surface area contributed by atoms with E-state index in [-0.39, 0.29) is 5.82 Å². The molecule has 1 aromatic rings.